The summed E-state index contributed by atoms with van der Waals surface area (Å²) >= 11 is 3.38. The third kappa shape index (κ3) is 2.54. The predicted octanol–water partition coefficient (Wildman–Crippen LogP) is 3.05. The van der Waals surface area contributed by atoms with Crippen LogP contribution >= 0.6 is 15.9 Å². The summed E-state index contributed by atoms with van der Waals surface area (Å²) in [5.41, 5.74) is 0.753. The number of ketones is 1. The first-order valence-corrected chi connectivity index (χ1v) is 6.99. The molecule has 0 bridgehead atoms. The second-order valence-corrected chi connectivity index (χ2v) is 5.54. The second kappa shape index (κ2) is 5.13. The number of Topliss-reactive ketones (excluding diaryl/α,β-unsaturated/α-hetero) is 1. The van der Waals surface area contributed by atoms with Crippen molar-refractivity contribution in [3.05, 3.63) is 58.7 Å². The average Bonchev–Trinajstić information content (AvgIpc) is 2.47. The first-order valence-electron chi connectivity index (χ1n) is 6.20. The van der Waals surface area contributed by atoms with Crippen LogP contribution in [0.25, 0.3) is 0 Å². The first-order chi connectivity index (χ1) is 9.24. The predicted molar refractivity (Wildman–Crippen MR) is 79.3 cm³/mol. The van der Waals surface area contributed by atoms with Crippen molar-refractivity contribution < 1.29 is 4.79 Å². The van der Waals surface area contributed by atoms with Crippen molar-refractivity contribution in [1.29, 1.82) is 0 Å². The van der Waals surface area contributed by atoms with Crippen LogP contribution in [0, 0.1) is 5.92 Å². The van der Waals surface area contributed by atoms with Gasteiger partial charge in [-0.25, -0.2) is 0 Å². The number of hydrogen-bond acceptors (Lipinski definition) is 3. The summed E-state index contributed by atoms with van der Waals surface area (Å²) in [4.78, 5) is 18.9. The molecule has 0 saturated heterocycles. The van der Waals surface area contributed by atoms with Gasteiger partial charge in [-0.2, -0.15) is 0 Å². The molecule has 2 heterocycles. The molecular formula is C15H13BrN2O. The molecule has 0 saturated carbocycles. The van der Waals surface area contributed by atoms with Crippen LogP contribution in [-0.2, 0) is 0 Å². The number of amidine groups is 1. The number of aliphatic imine (C=N–C) groups is 1. The van der Waals surface area contributed by atoms with Gasteiger partial charge in [-0.05, 0) is 24.3 Å². The van der Waals surface area contributed by atoms with E-state index in [0.717, 1.165) is 15.9 Å². The topological polar surface area (TPSA) is 32.7 Å². The van der Waals surface area contributed by atoms with Gasteiger partial charge < -0.3 is 4.90 Å². The van der Waals surface area contributed by atoms with E-state index in [1.807, 2.05) is 53.6 Å². The van der Waals surface area contributed by atoms with E-state index >= 15 is 0 Å². The molecule has 0 N–H and O–H groups in total. The van der Waals surface area contributed by atoms with E-state index in [1.54, 1.807) is 0 Å². The van der Waals surface area contributed by atoms with Gasteiger partial charge in [0.05, 0.1) is 12.5 Å². The highest BCUT2D eigenvalue weighted by Gasteiger charge is 2.27. The molecule has 96 valence electrons. The molecule has 0 amide bonds. The van der Waals surface area contributed by atoms with Crippen molar-refractivity contribution in [2.75, 3.05) is 13.1 Å². The Balaban J connectivity index is 1.79. The van der Waals surface area contributed by atoms with E-state index in [0.29, 0.717) is 13.1 Å². The van der Waals surface area contributed by atoms with Crippen molar-refractivity contribution in [2.24, 2.45) is 10.9 Å². The van der Waals surface area contributed by atoms with E-state index in [1.165, 1.54) is 0 Å². The summed E-state index contributed by atoms with van der Waals surface area (Å²) in [5, 5.41) is 0. The molecule has 19 heavy (non-hydrogen) atoms. The smallest absolute Gasteiger partial charge is 0.169 e. The van der Waals surface area contributed by atoms with Gasteiger partial charge in [0.15, 0.2) is 5.78 Å². The zero-order valence-electron chi connectivity index (χ0n) is 10.3. The maximum atomic E-state index is 12.4. The Kier molecular flexibility index (Phi) is 3.34. The van der Waals surface area contributed by atoms with Gasteiger partial charge in [-0.1, -0.05) is 34.1 Å². The molecule has 0 radical (unpaired) electrons. The fourth-order valence-electron chi connectivity index (χ4n) is 2.28. The van der Waals surface area contributed by atoms with Gasteiger partial charge in [-0.3, -0.25) is 9.79 Å². The maximum absolute atomic E-state index is 12.4. The monoisotopic (exact) mass is 316 g/mol. The molecule has 0 spiro atoms. The summed E-state index contributed by atoms with van der Waals surface area (Å²) < 4.78 is 0.983. The van der Waals surface area contributed by atoms with Crippen molar-refractivity contribution in [3.63, 3.8) is 0 Å². The van der Waals surface area contributed by atoms with Crippen LogP contribution in [0.1, 0.15) is 10.4 Å². The van der Waals surface area contributed by atoms with E-state index in [2.05, 4.69) is 20.9 Å². The lowest BCUT2D eigenvalue weighted by molar-refractivity contribution is 0.0909. The SMILES string of the molecule is O=C(c1ccc(Br)cc1)C1CN=C2C=CC=CN2C1. The van der Waals surface area contributed by atoms with Crippen LogP contribution in [0.15, 0.2) is 58.2 Å². The minimum Gasteiger partial charge on any atom is -0.333 e. The molecule has 3 rings (SSSR count). The molecule has 0 fully saturated rings. The van der Waals surface area contributed by atoms with Gasteiger partial charge in [0.1, 0.15) is 5.84 Å². The third-order valence-electron chi connectivity index (χ3n) is 3.31. The van der Waals surface area contributed by atoms with Crippen molar-refractivity contribution in [1.82, 2.24) is 4.90 Å². The van der Waals surface area contributed by atoms with Crippen LogP contribution in [0.5, 0.6) is 0 Å². The lowest BCUT2D eigenvalue weighted by Crippen LogP contribution is -2.40. The summed E-state index contributed by atoms with van der Waals surface area (Å²) in [6.45, 7) is 1.27. The highest BCUT2D eigenvalue weighted by Crippen LogP contribution is 2.19. The third-order valence-corrected chi connectivity index (χ3v) is 3.84. The zero-order valence-corrected chi connectivity index (χ0v) is 11.9. The fourth-order valence-corrected chi connectivity index (χ4v) is 2.54. The molecule has 1 unspecified atom stereocenters. The Morgan fingerprint density at radius 3 is 2.84 bits per heavy atom. The van der Waals surface area contributed by atoms with Gasteiger partial charge in [-0.15, -0.1) is 0 Å². The fraction of sp³-hybridized carbons (Fsp3) is 0.200. The van der Waals surface area contributed by atoms with E-state index in [9.17, 15) is 4.79 Å². The summed E-state index contributed by atoms with van der Waals surface area (Å²) in [6, 6.07) is 7.51. The lowest BCUT2D eigenvalue weighted by atomic mass is 9.95. The second-order valence-electron chi connectivity index (χ2n) is 4.62. The molecule has 1 atom stereocenters. The molecular weight excluding hydrogens is 304 g/mol. The zero-order chi connectivity index (χ0) is 13.2. The molecule has 2 aliphatic heterocycles. The van der Waals surface area contributed by atoms with E-state index in [-0.39, 0.29) is 11.7 Å². The van der Waals surface area contributed by atoms with Gasteiger partial charge >= 0.3 is 0 Å². The van der Waals surface area contributed by atoms with Crippen molar-refractivity contribution in [2.45, 2.75) is 0 Å². The Morgan fingerprint density at radius 2 is 2.05 bits per heavy atom. The van der Waals surface area contributed by atoms with Crippen LogP contribution < -0.4 is 0 Å². The number of carbonyl (C=O) groups excluding carboxylic acids is 1. The number of rotatable bonds is 2. The number of carbonyl (C=O) groups is 1. The van der Waals surface area contributed by atoms with Gasteiger partial charge in [0.2, 0.25) is 0 Å². The Morgan fingerprint density at radius 1 is 1.26 bits per heavy atom. The van der Waals surface area contributed by atoms with Gasteiger partial charge in [0.25, 0.3) is 0 Å². The summed E-state index contributed by atoms with van der Waals surface area (Å²) in [7, 11) is 0. The normalized spacial score (nSPS) is 21.0. The van der Waals surface area contributed by atoms with Crippen LogP contribution in [0.2, 0.25) is 0 Å². The number of hydrogen-bond donors (Lipinski definition) is 0. The van der Waals surface area contributed by atoms with Crippen LogP contribution in [-0.4, -0.2) is 29.6 Å². The minimum absolute atomic E-state index is 0.0684. The first kappa shape index (κ1) is 12.4. The van der Waals surface area contributed by atoms with Crippen LogP contribution in [0.4, 0.5) is 0 Å². The number of halogens is 1. The molecule has 1 aromatic rings. The van der Waals surface area contributed by atoms with Crippen molar-refractivity contribution >= 4 is 27.5 Å². The maximum Gasteiger partial charge on any atom is 0.169 e. The summed E-state index contributed by atoms with van der Waals surface area (Å²) in [6.07, 6.45) is 7.87. The molecule has 0 aromatic heterocycles. The van der Waals surface area contributed by atoms with Crippen LogP contribution in [0.3, 0.4) is 0 Å². The Labute approximate surface area is 120 Å². The lowest BCUT2D eigenvalue weighted by Gasteiger charge is -2.30. The largest absolute Gasteiger partial charge is 0.333 e. The number of nitrogens with zero attached hydrogens (tertiary/aromatic N) is 2. The Bertz CT molecular complexity index is 587. The summed E-state index contributed by atoms with van der Waals surface area (Å²) in [5.74, 6) is 1.04. The van der Waals surface area contributed by atoms with Gasteiger partial charge in [0, 0.05) is 22.8 Å². The number of allylic oxidation sites excluding steroid dienone is 2. The molecule has 1 aromatic carbocycles. The minimum atomic E-state index is -0.0684. The quantitative estimate of drug-likeness (QED) is 0.786. The van der Waals surface area contributed by atoms with E-state index in [4.69, 9.17) is 0 Å². The standard InChI is InChI=1S/C15H13BrN2O/c16-13-6-4-11(5-7-13)15(19)12-9-17-14-3-1-2-8-18(14)10-12/h1-8,12H,9-10H2. The average molecular weight is 317 g/mol. The molecule has 0 aliphatic carbocycles. The number of benzene rings is 1. The number of fused-ring (bicyclic) bond motifs is 1. The highest BCUT2D eigenvalue weighted by molar-refractivity contribution is 9.10. The molecule has 3 nitrogen and oxygen atoms in total. The highest BCUT2D eigenvalue weighted by atomic mass is 79.9. The van der Waals surface area contributed by atoms with Crippen molar-refractivity contribution in [3.8, 4) is 0 Å². The molecule has 2 aliphatic rings. The Hall–Kier alpha value is -1.68. The molecule has 4 heteroatoms. The van der Waals surface area contributed by atoms with E-state index < -0.39 is 0 Å².